The maximum atomic E-state index is 12.3. The number of unbranched alkanes of at least 4 members (excludes halogenated alkanes) is 5. The Hall–Kier alpha value is -4.32. The monoisotopic (exact) mass is 1750 g/mol. The molecule has 728 valence electrons. The molecule has 29 nitrogen and oxygen atoms in total. The summed E-state index contributed by atoms with van der Waals surface area (Å²) in [6, 6.07) is 5.76. The van der Waals surface area contributed by atoms with E-state index in [4.69, 9.17) is 0 Å². The summed E-state index contributed by atoms with van der Waals surface area (Å²) < 4.78 is 0. The zero-order chi connectivity index (χ0) is 93.1. The first kappa shape index (κ1) is 125. The Balaban J connectivity index is -0.000000688. The lowest BCUT2D eigenvalue weighted by atomic mass is 10.0. The standard InChI is InChI=1S/C21H47N7O2.2C16H36N4.C13H20N2O.C10H22N2O.2C9H20N2O/c1-22-12-8-6-10-18(24-3)20(29)26-14-16-28(5)17-15-27-21(30)19(25-4)11-7-9-13-23-2;2*1-5-17-9-11-18(6-2)13-15-20(8-4)16-14-19(7-3)12-10-17;1-4-13(16)10-7-11(14-5-2)9-12(8-10)15-6-3;1-4-10(13)9(12-3)7-5-6-8-11-2;2*1-8(12)9(11-3)6-4-5-7-10-2/h18-19,22-25H,6-17H2,1-5H3,(H,26,29)(H,27,30);2*5-16H2,1-4H3;7-9,14-15H,4-6H2,1-3H3;9,11-12H,4-8H2,1-3H3;2*9-11H,4-7H2,1-3H3. The molecule has 0 radical (unpaired) electrons. The average Bonchev–Trinajstić information content (AvgIpc) is 0.846. The summed E-state index contributed by atoms with van der Waals surface area (Å²) in [6.45, 7) is 67.8. The third-order valence-corrected chi connectivity index (χ3v) is 23.3. The molecular weight excluding hydrogens is 1550 g/mol. The van der Waals surface area contributed by atoms with Crippen LogP contribution < -0.4 is 74.4 Å². The van der Waals surface area contributed by atoms with Gasteiger partial charge in [-0.3, -0.25) is 28.8 Å². The van der Waals surface area contributed by atoms with Crippen molar-refractivity contribution in [3.8, 4) is 0 Å². The summed E-state index contributed by atoms with van der Waals surface area (Å²) in [6.07, 6.45) is 16.6. The number of Topliss-reactive ketones (excluding diaryl/α,β-unsaturated/α-hetero) is 4. The van der Waals surface area contributed by atoms with E-state index in [-0.39, 0.29) is 59.4 Å². The molecule has 5 unspecified atom stereocenters. The second kappa shape index (κ2) is 89.7. The normalized spacial score (nSPS) is 16.0. The predicted molar refractivity (Wildman–Crippen MR) is 530 cm³/mol. The van der Waals surface area contributed by atoms with Gasteiger partial charge in [-0.15, -0.1) is 0 Å². The number of nitrogens with one attached hydrogen (secondary N) is 14. The molecule has 14 N–H and O–H groups in total. The van der Waals surface area contributed by atoms with Crippen molar-refractivity contribution in [3.63, 3.8) is 0 Å². The van der Waals surface area contributed by atoms with E-state index in [9.17, 15) is 28.8 Å². The van der Waals surface area contributed by atoms with Crippen molar-refractivity contribution in [2.24, 2.45) is 0 Å². The maximum Gasteiger partial charge on any atom is 0.237 e. The van der Waals surface area contributed by atoms with Crippen molar-refractivity contribution < 1.29 is 28.8 Å². The van der Waals surface area contributed by atoms with Gasteiger partial charge in [0.25, 0.3) is 0 Å². The van der Waals surface area contributed by atoms with Crippen LogP contribution in [0, 0.1) is 0 Å². The smallest absolute Gasteiger partial charge is 0.237 e. The number of benzene rings is 1. The van der Waals surface area contributed by atoms with Gasteiger partial charge in [0, 0.05) is 174 Å². The lowest BCUT2D eigenvalue weighted by Crippen LogP contribution is -2.46. The van der Waals surface area contributed by atoms with E-state index < -0.39 is 0 Å². The van der Waals surface area contributed by atoms with Gasteiger partial charge < -0.3 is 119 Å². The maximum absolute atomic E-state index is 12.3. The minimum absolute atomic E-state index is 0.0544. The lowest BCUT2D eigenvalue weighted by molar-refractivity contribution is -0.123. The van der Waals surface area contributed by atoms with Gasteiger partial charge in [0.1, 0.15) is 17.3 Å². The van der Waals surface area contributed by atoms with Gasteiger partial charge >= 0.3 is 0 Å². The van der Waals surface area contributed by atoms with Crippen LogP contribution in [0.3, 0.4) is 0 Å². The molecule has 1 aromatic carbocycles. The van der Waals surface area contributed by atoms with E-state index in [2.05, 4.69) is 174 Å². The second-order valence-electron chi connectivity index (χ2n) is 32.2. The number of hydrogen-bond donors (Lipinski definition) is 14. The van der Waals surface area contributed by atoms with E-state index in [1.807, 2.05) is 123 Å². The molecule has 2 heterocycles. The van der Waals surface area contributed by atoms with Gasteiger partial charge in [-0.25, -0.2) is 0 Å². The zero-order valence-corrected chi connectivity index (χ0v) is 84.4. The van der Waals surface area contributed by atoms with Gasteiger partial charge in [-0.05, 0) is 273 Å². The number of ketones is 4. The van der Waals surface area contributed by atoms with Crippen LogP contribution in [0.1, 0.15) is 216 Å². The molecule has 2 fully saturated rings. The number of anilines is 2. The van der Waals surface area contributed by atoms with Crippen LogP contribution in [0.5, 0.6) is 0 Å². The van der Waals surface area contributed by atoms with Crippen LogP contribution >= 0.6 is 0 Å². The van der Waals surface area contributed by atoms with Crippen LogP contribution in [-0.4, -0.2) is 416 Å². The molecule has 123 heavy (non-hydrogen) atoms. The molecule has 0 aromatic heterocycles. The predicted octanol–water partition coefficient (Wildman–Crippen LogP) is 6.87. The summed E-state index contributed by atoms with van der Waals surface area (Å²) in [7, 11) is 20.9. The minimum atomic E-state index is -0.141. The van der Waals surface area contributed by atoms with E-state index in [1.54, 1.807) is 13.8 Å². The summed E-state index contributed by atoms with van der Waals surface area (Å²) in [5.41, 5.74) is 2.77. The van der Waals surface area contributed by atoms with Gasteiger partial charge in [0.05, 0.1) is 30.2 Å². The minimum Gasteiger partial charge on any atom is -0.385 e. The summed E-state index contributed by atoms with van der Waals surface area (Å²) in [5.74, 6) is 1.09. The van der Waals surface area contributed by atoms with Crippen molar-refractivity contribution >= 4 is 46.3 Å². The number of hydrogen-bond acceptors (Lipinski definition) is 27. The lowest BCUT2D eigenvalue weighted by Gasteiger charge is -2.33. The third-order valence-electron chi connectivity index (χ3n) is 23.3. The highest BCUT2D eigenvalue weighted by Gasteiger charge is 2.21. The molecule has 0 saturated carbocycles. The Morgan fingerprint density at radius 2 is 0.537 bits per heavy atom. The van der Waals surface area contributed by atoms with E-state index in [0.717, 1.165) is 172 Å². The first-order chi connectivity index (χ1) is 59.3. The molecule has 1 aromatic rings. The molecule has 0 bridgehead atoms. The molecule has 3 rings (SSSR count). The van der Waals surface area contributed by atoms with E-state index >= 15 is 0 Å². The van der Waals surface area contributed by atoms with E-state index in [1.165, 1.54) is 157 Å². The van der Waals surface area contributed by atoms with Crippen LogP contribution in [0.25, 0.3) is 0 Å². The fourth-order valence-electron chi connectivity index (χ4n) is 14.3. The molecule has 2 saturated heterocycles. The number of amides is 2. The quantitative estimate of drug-likeness (QED) is 0.0234. The highest BCUT2D eigenvalue weighted by molar-refractivity contribution is 5.98. The Morgan fingerprint density at radius 3 is 0.724 bits per heavy atom. The Labute approximate surface area is 756 Å². The fraction of sp³-hybridized carbons (Fsp3) is 0.872. The third kappa shape index (κ3) is 70.3. The number of rotatable bonds is 56. The van der Waals surface area contributed by atoms with E-state index in [0.29, 0.717) is 31.7 Å². The SMILES string of the molecule is CCC(=O)C(CCCCNC)NC.CCN1CCN(CC)CCN(CC)CCN(CC)CC1.CCN1CCN(CC)CCN(CC)CCN(CC)CC1.CCNc1cc(NCC)cc(C(=O)CC)c1.CNCCCCC(NC)C(=O)NCCN(C)CCNC(=O)C(CCCCNC)NC.CNCCCCC(NC)C(C)=O.CNCCCCC(NC)C(C)=O. The average molecular weight is 1750 g/mol. The highest BCUT2D eigenvalue weighted by Crippen LogP contribution is 2.20. The Bertz CT molecular complexity index is 2310. The molecule has 2 amide bonds. The highest BCUT2D eigenvalue weighted by atomic mass is 16.2. The summed E-state index contributed by atoms with van der Waals surface area (Å²) in [5, 5.41) is 43.3. The molecule has 2 aliphatic heterocycles. The first-order valence-electron chi connectivity index (χ1n) is 48.7. The van der Waals surface area contributed by atoms with Crippen molar-refractivity contribution in [2.45, 2.75) is 236 Å². The Kier molecular flexibility index (Phi) is 91.1. The van der Waals surface area contributed by atoms with Crippen LogP contribution in [0.4, 0.5) is 11.4 Å². The second-order valence-corrected chi connectivity index (χ2v) is 32.2. The zero-order valence-electron chi connectivity index (χ0n) is 84.4. The van der Waals surface area contributed by atoms with Crippen LogP contribution in [0.15, 0.2) is 18.2 Å². The number of carbonyl (C=O) groups is 6. The first-order valence-corrected chi connectivity index (χ1v) is 48.7. The van der Waals surface area contributed by atoms with Crippen molar-refractivity contribution in [3.05, 3.63) is 23.8 Å². The summed E-state index contributed by atoms with van der Waals surface area (Å²) in [4.78, 5) is 92.4. The largest absolute Gasteiger partial charge is 0.385 e. The van der Waals surface area contributed by atoms with Crippen LogP contribution in [-0.2, 0) is 24.0 Å². The Morgan fingerprint density at radius 1 is 0.309 bits per heavy atom. The summed E-state index contributed by atoms with van der Waals surface area (Å²) >= 11 is 0. The number of nitrogens with zero attached hydrogens (tertiary/aromatic N) is 9. The topological polar surface area (TPSA) is 300 Å². The van der Waals surface area contributed by atoms with Gasteiger partial charge in [0.2, 0.25) is 11.8 Å². The molecule has 0 spiro atoms. The molecule has 5 atom stereocenters. The van der Waals surface area contributed by atoms with Crippen LogP contribution in [0.2, 0.25) is 0 Å². The van der Waals surface area contributed by atoms with Gasteiger partial charge in [-0.2, -0.15) is 0 Å². The molecule has 29 heteroatoms. The van der Waals surface area contributed by atoms with Gasteiger partial charge in [-0.1, -0.05) is 101 Å². The number of carbonyl (C=O) groups excluding carboxylic acids is 6. The van der Waals surface area contributed by atoms with Gasteiger partial charge in [0.15, 0.2) is 5.78 Å². The molecule has 2 aliphatic rings. The molecule has 0 aliphatic carbocycles. The molecular formula is C94H201N23O6. The van der Waals surface area contributed by atoms with Crippen molar-refractivity contribution in [1.82, 2.24) is 108 Å². The van der Waals surface area contributed by atoms with Crippen molar-refractivity contribution in [1.29, 1.82) is 0 Å². The van der Waals surface area contributed by atoms with Crippen molar-refractivity contribution in [2.75, 3.05) is 317 Å². The number of likely N-dealkylation sites (N-methyl/N-ethyl adjacent to an activating group) is 14. The fourth-order valence-corrected chi connectivity index (χ4v) is 14.3.